The Labute approximate surface area is 212 Å². The third kappa shape index (κ3) is 7.15. The van der Waals surface area contributed by atoms with Crippen molar-refractivity contribution in [3.8, 4) is 17.2 Å². The third-order valence-corrected chi connectivity index (χ3v) is 5.40. The fraction of sp³-hybridized carbons (Fsp3) is 0.417. The van der Waals surface area contributed by atoms with Crippen LogP contribution in [0.1, 0.15) is 29.5 Å². The fourth-order valence-electron chi connectivity index (χ4n) is 3.76. The van der Waals surface area contributed by atoms with Gasteiger partial charge in [-0.25, -0.2) is 0 Å². The molecule has 0 unspecified atom stereocenters. The quantitative estimate of drug-likeness (QED) is 0.275. The normalized spacial score (nSPS) is 13.4. The molecule has 2 aromatic rings. The molecule has 0 saturated carbocycles. The highest BCUT2D eigenvalue weighted by Gasteiger charge is 2.20. The second kappa shape index (κ2) is 13.1. The maximum absolute atomic E-state index is 11.9. The second-order valence-corrected chi connectivity index (χ2v) is 7.55. The molecule has 8 nitrogen and oxygen atoms in total. The molecule has 0 bridgehead atoms. The van der Waals surface area contributed by atoms with Gasteiger partial charge in [0, 0.05) is 39.6 Å². The van der Waals surface area contributed by atoms with Gasteiger partial charge in [-0.15, -0.1) is 24.0 Å². The van der Waals surface area contributed by atoms with Gasteiger partial charge in [0.2, 0.25) is 11.7 Å². The van der Waals surface area contributed by atoms with Crippen LogP contribution in [0.15, 0.2) is 41.4 Å². The number of guanidine groups is 1. The van der Waals surface area contributed by atoms with E-state index in [2.05, 4.69) is 33.8 Å². The third-order valence-electron chi connectivity index (χ3n) is 5.40. The van der Waals surface area contributed by atoms with Gasteiger partial charge >= 0.3 is 0 Å². The second-order valence-electron chi connectivity index (χ2n) is 7.55. The van der Waals surface area contributed by atoms with Crippen LogP contribution in [0.4, 0.5) is 0 Å². The van der Waals surface area contributed by atoms with E-state index in [1.165, 1.54) is 0 Å². The van der Waals surface area contributed by atoms with E-state index in [1.54, 1.807) is 28.4 Å². The molecule has 0 aromatic heterocycles. The molecule has 2 aromatic carbocycles. The number of nitrogens with one attached hydrogen (secondary N) is 2. The van der Waals surface area contributed by atoms with Gasteiger partial charge in [0.05, 0.1) is 21.3 Å². The first-order valence-corrected chi connectivity index (χ1v) is 10.7. The molecule has 0 spiro atoms. The highest BCUT2D eigenvalue weighted by atomic mass is 127. The lowest BCUT2D eigenvalue weighted by Gasteiger charge is -2.17. The van der Waals surface area contributed by atoms with Crippen LogP contribution in [-0.2, 0) is 24.4 Å². The van der Waals surface area contributed by atoms with Crippen LogP contribution in [0.2, 0.25) is 0 Å². The molecule has 0 radical (unpaired) electrons. The van der Waals surface area contributed by atoms with Crippen molar-refractivity contribution in [3.05, 3.63) is 53.1 Å². The minimum atomic E-state index is 0. The molecular formula is C24H33IN4O4. The largest absolute Gasteiger partial charge is 0.493 e. The summed E-state index contributed by atoms with van der Waals surface area (Å²) >= 11 is 0. The molecule has 3 rings (SSSR count). The zero-order chi connectivity index (χ0) is 22.9. The number of methoxy groups -OCH3 is 3. The van der Waals surface area contributed by atoms with Gasteiger partial charge in [-0.05, 0) is 35.2 Å². The summed E-state index contributed by atoms with van der Waals surface area (Å²) in [5, 5.41) is 6.65. The van der Waals surface area contributed by atoms with E-state index in [9.17, 15) is 4.79 Å². The van der Waals surface area contributed by atoms with E-state index in [0.717, 1.165) is 29.7 Å². The molecule has 1 fully saturated rings. The number of ether oxygens (including phenoxy) is 3. The average Bonchev–Trinajstić information content (AvgIpc) is 3.22. The number of halogens is 1. The van der Waals surface area contributed by atoms with Crippen molar-refractivity contribution in [2.24, 2.45) is 4.99 Å². The Balaban J connectivity index is 0.00000385. The van der Waals surface area contributed by atoms with Crippen molar-refractivity contribution in [1.82, 2.24) is 15.5 Å². The maximum atomic E-state index is 11.9. The van der Waals surface area contributed by atoms with Crippen molar-refractivity contribution in [3.63, 3.8) is 0 Å². The van der Waals surface area contributed by atoms with Crippen molar-refractivity contribution in [2.45, 2.75) is 32.5 Å². The molecule has 9 heteroatoms. The summed E-state index contributed by atoms with van der Waals surface area (Å²) < 4.78 is 16.2. The number of aliphatic imine (C=N–C) groups is 1. The number of hydrogen-bond donors (Lipinski definition) is 2. The molecule has 1 saturated heterocycles. The number of rotatable bonds is 9. The Hall–Kier alpha value is -2.69. The summed E-state index contributed by atoms with van der Waals surface area (Å²) in [4.78, 5) is 18.1. The number of hydrogen-bond acceptors (Lipinski definition) is 5. The van der Waals surface area contributed by atoms with Gasteiger partial charge in [-0.1, -0.05) is 24.3 Å². The highest BCUT2D eigenvalue weighted by Crippen LogP contribution is 2.38. The summed E-state index contributed by atoms with van der Waals surface area (Å²) in [5.74, 6) is 2.71. The van der Waals surface area contributed by atoms with E-state index in [1.807, 2.05) is 23.1 Å². The molecule has 1 aliphatic rings. The van der Waals surface area contributed by atoms with Gasteiger partial charge in [-0.3, -0.25) is 9.79 Å². The Morgan fingerprint density at radius 3 is 2.15 bits per heavy atom. The predicted molar refractivity (Wildman–Crippen MR) is 140 cm³/mol. The number of nitrogens with zero attached hydrogens (tertiary/aromatic N) is 2. The van der Waals surface area contributed by atoms with Gasteiger partial charge < -0.3 is 29.7 Å². The zero-order valence-electron chi connectivity index (χ0n) is 19.6. The SMILES string of the molecule is CN=C(NCc1cccc(CN2CCCC2=O)c1)NCc1cc(OC)c(OC)c(OC)c1.I. The summed E-state index contributed by atoms with van der Waals surface area (Å²) in [6.45, 7) is 2.67. The van der Waals surface area contributed by atoms with E-state index in [4.69, 9.17) is 14.2 Å². The molecule has 1 amide bonds. The average molecular weight is 568 g/mol. The van der Waals surface area contributed by atoms with Crippen molar-refractivity contribution in [2.75, 3.05) is 34.9 Å². The molecule has 2 N–H and O–H groups in total. The lowest BCUT2D eigenvalue weighted by molar-refractivity contribution is -0.128. The smallest absolute Gasteiger partial charge is 0.222 e. The first-order valence-electron chi connectivity index (χ1n) is 10.7. The number of likely N-dealkylation sites (tertiary alicyclic amines) is 1. The standard InChI is InChI=1S/C24H32N4O4.HI/c1-25-24(27-15-19-12-20(30-2)23(32-4)21(13-19)31-3)26-14-17-7-5-8-18(11-17)16-28-10-6-9-22(28)29;/h5,7-8,11-13H,6,9-10,14-16H2,1-4H3,(H2,25,26,27);1H. The number of benzene rings is 2. The highest BCUT2D eigenvalue weighted by molar-refractivity contribution is 14.0. The van der Waals surface area contributed by atoms with E-state index in [0.29, 0.717) is 49.3 Å². The minimum Gasteiger partial charge on any atom is -0.493 e. The number of carbonyl (C=O) groups is 1. The Kier molecular flexibility index (Phi) is 10.6. The summed E-state index contributed by atoms with van der Waals surface area (Å²) in [7, 11) is 6.52. The zero-order valence-corrected chi connectivity index (χ0v) is 22.0. The summed E-state index contributed by atoms with van der Waals surface area (Å²) in [5.41, 5.74) is 3.24. The van der Waals surface area contributed by atoms with E-state index < -0.39 is 0 Å². The first-order chi connectivity index (χ1) is 15.6. The summed E-state index contributed by atoms with van der Waals surface area (Å²) in [6, 6.07) is 12.1. The Morgan fingerprint density at radius 2 is 1.61 bits per heavy atom. The van der Waals surface area contributed by atoms with Gasteiger partial charge in [0.1, 0.15) is 0 Å². The molecule has 1 aliphatic heterocycles. The molecular weight excluding hydrogens is 535 g/mol. The van der Waals surface area contributed by atoms with Gasteiger partial charge in [0.15, 0.2) is 17.5 Å². The molecule has 0 aliphatic carbocycles. The van der Waals surface area contributed by atoms with Crippen molar-refractivity contribution in [1.29, 1.82) is 0 Å². The van der Waals surface area contributed by atoms with Gasteiger partial charge in [-0.2, -0.15) is 0 Å². The molecule has 0 atom stereocenters. The van der Waals surface area contributed by atoms with Crippen LogP contribution in [0, 0.1) is 0 Å². The Bertz CT molecular complexity index is 942. The van der Waals surface area contributed by atoms with Crippen LogP contribution < -0.4 is 24.8 Å². The lowest BCUT2D eigenvalue weighted by Crippen LogP contribution is -2.36. The van der Waals surface area contributed by atoms with Crippen LogP contribution in [0.3, 0.4) is 0 Å². The first kappa shape index (κ1) is 26.6. The number of carbonyl (C=O) groups excluding carboxylic acids is 1. The number of amides is 1. The van der Waals surface area contributed by atoms with Crippen LogP contribution in [0.25, 0.3) is 0 Å². The molecule has 33 heavy (non-hydrogen) atoms. The van der Waals surface area contributed by atoms with Crippen molar-refractivity contribution < 1.29 is 19.0 Å². The van der Waals surface area contributed by atoms with Crippen molar-refractivity contribution >= 4 is 35.8 Å². The van der Waals surface area contributed by atoms with Crippen LogP contribution in [-0.4, -0.2) is 51.7 Å². The minimum absolute atomic E-state index is 0. The molecule has 1 heterocycles. The van der Waals surface area contributed by atoms with Gasteiger partial charge in [0.25, 0.3) is 0 Å². The topological polar surface area (TPSA) is 84.4 Å². The Morgan fingerprint density at radius 1 is 0.970 bits per heavy atom. The van der Waals surface area contributed by atoms with E-state index >= 15 is 0 Å². The molecule has 180 valence electrons. The van der Waals surface area contributed by atoms with Crippen LogP contribution >= 0.6 is 24.0 Å². The van der Waals surface area contributed by atoms with Crippen LogP contribution in [0.5, 0.6) is 17.2 Å². The van der Waals surface area contributed by atoms with E-state index in [-0.39, 0.29) is 29.9 Å². The fourth-order valence-corrected chi connectivity index (χ4v) is 3.76. The maximum Gasteiger partial charge on any atom is 0.222 e. The monoisotopic (exact) mass is 568 g/mol. The summed E-state index contributed by atoms with van der Waals surface area (Å²) in [6.07, 6.45) is 1.61. The predicted octanol–water partition coefficient (Wildman–Crippen LogP) is 3.32. The lowest BCUT2D eigenvalue weighted by atomic mass is 10.1.